The molecule has 2 aromatic heterocycles. The van der Waals surface area contributed by atoms with E-state index in [1.165, 1.54) is 10.9 Å². The number of ketones is 1. The van der Waals surface area contributed by atoms with E-state index < -0.39 is 44.4 Å². The number of hydrogen-bond donors (Lipinski definition) is 2. The van der Waals surface area contributed by atoms with Gasteiger partial charge in [-0.15, -0.1) is 0 Å². The minimum atomic E-state index is -1.87. The second-order valence-corrected chi connectivity index (χ2v) is 22.3. The standard InChI is InChI=1S/C48H54FN5O8Si/c1-58-36-22-18-34(19-23-36)48(33-15-10-7-11-16-33,35-20-24-37(59-2)25-21-35)61-30-40-42(49)44(56)46(62-40)54-31-51-43-38(29-39(55)32-13-8-6-9-14-32)52-41(53-45(43)54)17-12-26-50-47(57)60-27-28-63(3,4)5/h6-11,13-16,18-25,31,40,42,44,46,56H,12,17,26-30H2,1-5H3,(H,50,57)/t40-,42-,44-,46-/m1/s1. The van der Waals surface area contributed by atoms with Crippen LogP contribution in [0.4, 0.5) is 9.18 Å². The molecule has 7 rings (SSSR count). The molecule has 1 fully saturated rings. The first-order valence-electron chi connectivity index (χ1n) is 21.1. The van der Waals surface area contributed by atoms with E-state index in [4.69, 9.17) is 33.7 Å². The van der Waals surface area contributed by atoms with Crippen LogP contribution in [-0.4, -0.2) is 96.9 Å². The number of hydrogen-bond acceptors (Lipinski definition) is 11. The summed E-state index contributed by atoms with van der Waals surface area (Å²) < 4.78 is 47.6. The van der Waals surface area contributed by atoms with E-state index in [2.05, 4.69) is 29.9 Å². The molecule has 0 bridgehead atoms. The number of alkyl halides is 1. The number of aryl methyl sites for hydroxylation is 1. The zero-order valence-electron chi connectivity index (χ0n) is 36.2. The van der Waals surface area contributed by atoms with Gasteiger partial charge in [0.15, 0.2) is 23.8 Å². The van der Waals surface area contributed by atoms with Crippen LogP contribution in [0.25, 0.3) is 11.2 Å². The second kappa shape index (κ2) is 20.0. The van der Waals surface area contributed by atoms with Crippen LogP contribution in [0.5, 0.6) is 11.5 Å². The van der Waals surface area contributed by atoms with Gasteiger partial charge in [0.2, 0.25) is 0 Å². The number of fused-ring (bicyclic) bond motifs is 1. The van der Waals surface area contributed by atoms with Crippen LogP contribution >= 0.6 is 0 Å². The van der Waals surface area contributed by atoms with Gasteiger partial charge in [0.25, 0.3) is 0 Å². The number of aromatic nitrogens is 4. The number of ether oxygens (including phenoxy) is 5. The van der Waals surface area contributed by atoms with E-state index in [-0.39, 0.29) is 24.5 Å². The maximum Gasteiger partial charge on any atom is 0.407 e. The summed E-state index contributed by atoms with van der Waals surface area (Å²) in [5.74, 6) is 1.51. The molecule has 4 atom stereocenters. The Balaban J connectivity index is 1.16. The monoisotopic (exact) mass is 875 g/mol. The number of methoxy groups -OCH3 is 2. The highest BCUT2D eigenvalue weighted by molar-refractivity contribution is 6.76. The van der Waals surface area contributed by atoms with Crippen LogP contribution in [0.1, 0.15) is 51.2 Å². The molecule has 0 saturated carbocycles. The first-order chi connectivity index (χ1) is 30.4. The number of rotatable bonds is 19. The summed E-state index contributed by atoms with van der Waals surface area (Å²) >= 11 is 0. The van der Waals surface area contributed by atoms with E-state index in [0.717, 1.165) is 22.7 Å². The van der Waals surface area contributed by atoms with Gasteiger partial charge in [-0.05, 0) is 53.4 Å². The lowest BCUT2D eigenvalue weighted by molar-refractivity contribution is -0.0894. The molecule has 1 saturated heterocycles. The molecule has 330 valence electrons. The predicted octanol–water partition coefficient (Wildman–Crippen LogP) is 7.87. The number of halogens is 1. The van der Waals surface area contributed by atoms with Crippen LogP contribution in [0, 0.1) is 0 Å². The number of Topliss-reactive ketones (excluding diaryl/α,β-unsaturated/α-hetero) is 1. The van der Waals surface area contributed by atoms with Crippen molar-refractivity contribution in [3.63, 3.8) is 0 Å². The van der Waals surface area contributed by atoms with Crippen LogP contribution < -0.4 is 14.8 Å². The van der Waals surface area contributed by atoms with Crippen molar-refractivity contribution in [2.45, 2.75) is 75.2 Å². The summed E-state index contributed by atoms with van der Waals surface area (Å²) in [6.07, 6.45) is -4.32. The number of imidazole rings is 1. The highest BCUT2D eigenvalue weighted by Crippen LogP contribution is 2.43. The molecule has 1 amide bonds. The number of aliphatic hydroxyl groups is 1. The van der Waals surface area contributed by atoms with E-state index in [0.29, 0.717) is 60.1 Å². The minimum Gasteiger partial charge on any atom is -0.497 e. The van der Waals surface area contributed by atoms with E-state index in [1.807, 2.05) is 84.9 Å². The number of benzene rings is 4. The number of alkyl carbamates (subject to hydrolysis) is 1. The van der Waals surface area contributed by atoms with Gasteiger partial charge in [-0.3, -0.25) is 9.36 Å². The molecule has 0 aliphatic carbocycles. The molecule has 4 aromatic carbocycles. The number of amides is 1. The topological polar surface area (TPSA) is 156 Å². The molecular formula is C48H54FN5O8Si. The number of carbonyl (C=O) groups is 2. The van der Waals surface area contributed by atoms with Gasteiger partial charge in [0, 0.05) is 26.6 Å². The molecule has 6 aromatic rings. The normalized spacial score (nSPS) is 17.7. The molecule has 3 heterocycles. The fraction of sp³-hybridized carbons (Fsp3) is 0.354. The van der Waals surface area contributed by atoms with Gasteiger partial charge in [-0.25, -0.2) is 24.1 Å². The third-order valence-corrected chi connectivity index (χ3v) is 12.8. The fourth-order valence-corrected chi connectivity index (χ4v) is 8.33. The Kier molecular flexibility index (Phi) is 14.3. The third kappa shape index (κ3) is 10.4. The molecule has 0 radical (unpaired) electrons. The first-order valence-corrected chi connectivity index (χ1v) is 24.8. The zero-order valence-corrected chi connectivity index (χ0v) is 37.2. The van der Waals surface area contributed by atoms with E-state index >= 15 is 4.39 Å². The maximum atomic E-state index is 16.5. The second-order valence-electron chi connectivity index (χ2n) is 16.7. The number of aliphatic hydroxyl groups excluding tert-OH is 1. The van der Waals surface area contributed by atoms with Crippen LogP contribution in [0.3, 0.4) is 0 Å². The average molecular weight is 876 g/mol. The number of nitrogens with zero attached hydrogens (tertiary/aromatic N) is 4. The smallest absolute Gasteiger partial charge is 0.407 e. The summed E-state index contributed by atoms with van der Waals surface area (Å²) in [7, 11) is 1.83. The van der Waals surface area contributed by atoms with Crippen molar-refractivity contribution in [3.8, 4) is 11.5 Å². The van der Waals surface area contributed by atoms with Crippen molar-refractivity contribution in [2.75, 3.05) is 34.0 Å². The highest BCUT2D eigenvalue weighted by Gasteiger charge is 2.48. The summed E-state index contributed by atoms with van der Waals surface area (Å²) in [4.78, 5) is 40.0. The molecule has 0 unspecified atom stereocenters. The van der Waals surface area contributed by atoms with Crippen molar-refractivity contribution in [1.82, 2.24) is 24.8 Å². The molecular weight excluding hydrogens is 822 g/mol. The Hall–Kier alpha value is -6.00. The largest absolute Gasteiger partial charge is 0.497 e. The summed E-state index contributed by atoms with van der Waals surface area (Å²) in [5.41, 5.74) is 2.50. The zero-order chi connectivity index (χ0) is 44.6. The highest BCUT2D eigenvalue weighted by atomic mass is 28.3. The molecule has 2 N–H and O–H groups in total. The predicted molar refractivity (Wildman–Crippen MR) is 239 cm³/mol. The number of nitrogens with one attached hydrogen (secondary N) is 1. The molecule has 1 aliphatic rings. The van der Waals surface area contributed by atoms with Crippen molar-refractivity contribution >= 4 is 31.1 Å². The maximum absolute atomic E-state index is 16.5. The van der Waals surface area contributed by atoms with E-state index in [9.17, 15) is 14.7 Å². The van der Waals surface area contributed by atoms with E-state index in [1.54, 1.807) is 38.5 Å². The molecule has 13 nitrogen and oxygen atoms in total. The lowest BCUT2D eigenvalue weighted by Gasteiger charge is -2.37. The third-order valence-electron chi connectivity index (χ3n) is 11.1. The van der Waals surface area contributed by atoms with Crippen molar-refractivity contribution in [2.24, 2.45) is 0 Å². The van der Waals surface area contributed by atoms with Gasteiger partial charge in [0.1, 0.15) is 40.6 Å². The van der Waals surface area contributed by atoms with Crippen LogP contribution in [0.2, 0.25) is 25.7 Å². The van der Waals surface area contributed by atoms with Gasteiger partial charge < -0.3 is 34.1 Å². The molecule has 1 aliphatic heterocycles. The minimum absolute atomic E-state index is 0.0801. The first kappa shape index (κ1) is 45.0. The Morgan fingerprint density at radius 1 is 0.857 bits per heavy atom. The van der Waals surface area contributed by atoms with Crippen LogP contribution in [0.15, 0.2) is 116 Å². The SMILES string of the molecule is COc1ccc(C(OC[C@H]2O[C@@H](n3cnc4c(CC(=O)c5ccccc5)nc(CCCNC(=O)OCC[Si](C)(C)C)nc43)[C@H](O)[C@@H]2F)(c2ccccc2)c2ccc(OC)cc2)cc1. The quantitative estimate of drug-likeness (QED) is 0.0354. The Bertz CT molecular complexity index is 2400. The Labute approximate surface area is 367 Å². The number of carbonyl (C=O) groups excluding carboxylic acids is 2. The molecule has 0 spiro atoms. The molecule has 15 heteroatoms. The van der Waals surface area contributed by atoms with Gasteiger partial charge >= 0.3 is 6.09 Å². The lowest BCUT2D eigenvalue weighted by Crippen LogP contribution is -2.38. The lowest BCUT2D eigenvalue weighted by atomic mass is 9.80. The van der Waals surface area contributed by atoms with Crippen molar-refractivity contribution in [3.05, 3.63) is 149 Å². The van der Waals surface area contributed by atoms with Gasteiger partial charge in [0.05, 0.1) is 45.9 Å². The fourth-order valence-electron chi connectivity index (χ4n) is 7.62. The van der Waals surface area contributed by atoms with Gasteiger partial charge in [-0.2, -0.15) is 0 Å². The summed E-state index contributed by atoms with van der Waals surface area (Å²) in [5, 5.41) is 14.3. The molecule has 63 heavy (non-hydrogen) atoms. The van der Waals surface area contributed by atoms with Crippen molar-refractivity contribution < 1.29 is 42.8 Å². The Morgan fingerprint density at radius 2 is 1.46 bits per heavy atom. The Morgan fingerprint density at radius 3 is 2.06 bits per heavy atom. The summed E-state index contributed by atoms with van der Waals surface area (Å²) in [6.45, 7) is 7.05. The summed E-state index contributed by atoms with van der Waals surface area (Å²) in [6, 6.07) is 34.3. The van der Waals surface area contributed by atoms with Gasteiger partial charge in [-0.1, -0.05) is 105 Å². The van der Waals surface area contributed by atoms with Crippen molar-refractivity contribution in [1.29, 1.82) is 0 Å². The van der Waals surface area contributed by atoms with Crippen LogP contribution in [-0.2, 0) is 32.7 Å². The average Bonchev–Trinajstić information content (AvgIpc) is 3.85.